The minimum absolute atomic E-state index is 0.123. The minimum Gasteiger partial charge on any atom is -0.493 e. The van der Waals surface area contributed by atoms with Gasteiger partial charge in [-0.1, -0.05) is 0 Å². The van der Waals surface area contributed by atoms with Gasteiger partial charge < -0.3 is 19.5 Å². The lowest BCUT2D eigenvalue weighted by molar-refractivity contribution is -0.115. The highest BCUT2D eigenvalue weighted by molar-refractivity contribution is 7.16. The molecule has 1 aromatic carbocycles. The lowest BCUT2D eigenvalue weighted by Gasteiger charge is -2.14. The van der Waals surface area contributed by atoms with Gasteiger partial charge in [-0.05, 0) is 37.1 Å². The van der Waals surface area contributed by atoms with E-state index >= 15 is 0 Å². The zero-order valence-corrected chi connectivity index (χ0v) is 15.7. The summed E-state index contributed by atoms with van der Waals surface area (Å²) in [5, 5.41) is 12.7. The molecule has 0 atom stereocenters. The van der Waals surface area contributed by atoms with Crippen molar-refractivity contribution in [1.82, 2.24) is 0 Å². The van der Waals surface area contributed by atoms with Crippen molar-refractivity contribution in [1.29, 1.82) is 5.26 Å². The van der Waals surface area contributed by atoms with Crippen LogP contribution in [0.2, 0.25) is 0 Å². The normalized spacial score (nSPS) is 10.1. The van der Waals surface area contributed by atoms with E-state index < -0.39 is 0 Å². The lowest BCUT2D eigenvalue weighted by atomic mass is 10.1. The van der Waals surface area contributed by atoms with Gasteiger partial charge in [0.1, 0.15) is 11.1 Å². The van der Waals surface area contributed by atoms with Gasteiger partial charge in [-0.3, -0.25) is 4.79 Å². The largest absolute Gasteiger partial charge is 0.493 e. The molecule has 0 aliphatic heterocycles. The van der Waals surface area contributed by atoms with Crippen molar-refractivity contribution in [2.75, 3.05) is 26.6 Å². The second kappa shape index (κ2) is 7.90. The number of amides is 1. The van der Waals surface area contributed by atoms with Crippen LogP contribution in [0.4, 0.5) is 5.00 Å². The van der Waals surface area contributed by atoms with Crippen molar-refractivity contribution in [2.45, 2.75) is 20.3 Å². The third kappa shape index (κ3) is 3.86. The first-order valence-corrected chi connectivity index (χ1v) is 8.35. The summed E-state index contributed by atoms with van der Waals surface area (Å²) in [6, 6.07) is 5.61. The molecule has 0 spiro atoms. The molecule has 7 heteroatoms. The molecule has 2 rings (SSSR count). The van der Waals surface area contributed by atoms with Crippen LogP contribution in [-0.4, -0.2) is 27.2 Å². The van der Waals surface area contributed by atoms with Gasteiger partial charge in [0.25, 0.3) is 0 Å². The molecular formula is C18H20N2O4S. The van der Waals surface area contributed by atoms with E-state index in [1.54, 1.807) is 12.1 Å². The highest BCUT2D eigenvalue weighted by Gasteiger charge is 2.17. The third-order valence-corrected chi connectivity index (χ3v) is 4.96. The maximum atomic E-state index is 12.4. The second-order valence-electron chi connectivity index (χ2n) is 5.36. The van der Waals surface area contributed by atoms with Crippen LogP contribution in [0.3, 0.4) is 0 Å². The van der Waals surface area contributed by atoms with E-state index in [1.165, 1.54) is 32.7 Å². The number of carbonyl (C=O) groups is 1. The molecule has 0 bridgehead atoms. The Kier molecular flexibility index (Phi) is 5.88. The van der Waals surface area contributed by atoms with E-state index in [0.29, 0.717) is 27.8 Å². The van der Waals surface area contributed by atoms with Crippen molar-refractivity contribution in [3.05, 3.63) is 33.7 Å². The number of ether oxygens (including phenoxy) is 3. The molecule has 6 nitrogen and oxygen atoms in total. The Balaban J connectivity index is 2.24. The summed E-state index contributed by atoms with van der Waals surface area (Å²) in [6.07, 6.45) is 0.123. The van der Waals surface area contributed by atoms with Gasteiger partial charge >= 0.3 is 0 Å². The number of hydrogen-bond acceptors (Lipinski definition) is 6. The topological polar surface area (TPSA) is 80.6 Å². The lowest BCUT2D eigenvalue weighted by Crippen LogP contribution is -2.14. The Morgan fingerprint density at radius 2 is 1.76 bits per heavy atom. The van der Waals surface area contributed by atoms with Crippen LogP contribution in [0.5, 0.6) is 17.2 Å². The van der Waals surface area contributed by atoms with Gasteiger partial charge in [0.2, 0.25) is 11.7 Å². The number of aryl methyl sites for hydroxylation is 1. The van der Waals surface area contributed by atoms with Crippen molar-refractivity contribution < 1.29 is 19.0 Å². The summed E-state index contributed by atoms with van der Waals surface area (Å²) in [5.41, 5.74) is 2.13. The number of nitrogens with one attached hydrogen (secondary N) is 1. The van der Waals surface area contributed by atoms with E-state index in [1.807, 2.05) is 13.8 Å². The molecule has 0 radical (unpaired) electrons. The fourth-order valence-corrected chi connectivity index (χ4v) is 3.47. The Bertz CT molecular complexity index is 811. The van der Waals surface area contributed by atoms with Crippen molar-refractivity contribution in [2.24, 2.45) is 0 Å². The highest BCUT2D eigenvalue weighted by atomic mass is 32.1. The van der Waals surface area contributed by atoms with Gasteiger partial charge in [-0.15, -0.1) is 11.3 Å². The molecule has 0 aliphatic carbocycles. The second-order valence-corrected chi connectivity index (χ2v) is 6.58. The maximum Gasteiger partial charge on any atom is 0.229 e. The first-order valence-electron chi connectivity index (χ1n) is 7.53. The summed E-state index contributed by atoms with van der Waals surface area (Å²) in [5.74, 6) is 1.24. The number of hydrogen-bond donors (Lipinski definition) is 1. The first kappa shape index (κ1) is 18.6. The molecule has 1 aromatic heterocycles. The first-order chi connectivity index (χ1) is 11.9. The number of benzene rings is 1. The van der Waals surface area contributed by atoms with E-state index in [4.69, 9.17) is 14.2 Å². The predicted molar refractivity (Wildman–Crippen MR) is 96.9 cm³/mol. The summed E-state index contributed by atoms with van der Waals surface area (Å²) in [6.45, 7) is 3.80. The van der Waals surface area contributed by atoms with E-state index in [9.17, 15) is 10.1 Å². The molecule has 0 fully saturated rings. The monoisotopic (exact) mass is 360 g/mol. The maximum absolute atomic E-state index is 12.4. The number of nitrogens with zero attached hydrogens (tertiary/aromatic N) is 1. The van der Waals surface area contributed by atoms with Gasteiger partial charge in [0.05, 0.1) is 33.3 Å². The Hall–Kier alpha value is -2.72. The van der Waals surface area contributed by atoms with Crippen LogP contribution in [0.25, 0.3) is 0 Å². The van der Waals surface area contributed by atoms with Crippen LogP contribution in [0.1, 0.15) is 21.6 Å². The number of methoxy groups -OCH3 is 3. The molecule has 1 heterocycles. The molecule has 1 N–H and O–H groups in total. The zero-order valence-electron chi connectivity index (χ0n) is 14.9. The number of anilines is 1. The number of rotatable bonds is 6. The summed E-state index contributed by atoms with van der Waals surface area (Å²) in [7, 11) is 4.58. The van der Waals surface area contributed by atoms with Crippen LogP contribution >= 0.6 is 11.3 Å². The highest BCUT2D eigenvalue weighted by Crippen LogP contribution is 2.38. The number of nitriles is 1. The van der Waals surface area contributed by atoms with E-state index in [2.05, 4.69) is 11.4 Å². The van der Waals surface area contributed by atoms with Crippen LogP contribution in [0.15, 0.2) is 12.1 Å². The minimum atomic E-state index is -0.216. The van der Waals surface area contributed by atoms with Crippen molar-refractivity contribution >= 4 is 22.2 Å². The van der Waals surface area contributed by atoms with Crippen LogP contribution < -0.4 is 19.5 Å². The molecule has 0 saturated heterocycles. The van der Waals surface area contributed by atoms with Gasteiger partial charge in [-0.25, -0.2) is 0 Å². The van der Waals surface area contributed by atoms with Crippen molar-refractivity contribution in [3.63, 3.8) is 0 Å². The molecule has 1 amide bonds. The molecule has 0 unspecified atom stereocenters. The smallest absolute Gasteiger partial charge is 0.229 e. The van der Waals surface area contributed by atoms with E-state index in [0.717, 1.165) is 16.0 Å². The quantitative estimate of drug-likeness (QED) is 0.853. The standard InChI is InChI=1S/C18H20N2O4S/c1-10-11(2)25-18(13(10)9-19)20-16(21)8-12-6-14(22-3)17(24-5)15(7-12)23-4/h6-7H,8H2,1-5H3,(H,20,21). The third-order valence-electron chi connectivity index (χ3n) is 3.84. The summed E-state index contributed by atoms with van der Waals surface area (Å²) >= 11 is 1.40. The number of thiophene rings is 1. The predicted octanol–water partition coefficient (Wildman–Crippen LogP) is 3.44. The fraction of sp³-hybridized carbons (Fsp3) is 0.333. The molecule has 132 valence electrons. The zero-order chi connectivity index (χ0) is 18.6. The average molecular weight is 360 g/mol. The Morgan fingerprint density at radius 1 is 1.16 bits per heavy atom. The molecule has 25 heavy (non-hydrogen) atoms. The Labute approximate surface area is 150 Å². The molecule has 0 aliphatic rings. The van der Waals surface area contributed by atoms with Gasteiger partial charge in [-0.2, -0.15) is 5.26 Å². The van der Waals surface area contributed by atoms with Crippen LogP contribution in [0, 0.1) is 25.2 Å². The van der Waals surface area contributed by atoms with Crippen LogP contribution in [-0.2, 0) is 11.2 Å². The SMILES string of the molecule is COc1cc(CC(=O)Nc2sc(C)c(C)c2C#N)cc(OC)c1OC. The van der Waals surface area contributed by atoms with Gasteiger partial charge in [0, 0.05) is 4.88 Å². The van der Waals surface area contributed by atoms with Crippen molar-refractivity contribution in [3.8, 4) is 23.3 Å². The fourth-order valence-electron chi connectivity index (χ4n) is 2.44. The summed E-state index contributed by atoms with van der Waals surface area (Å²) < 4.78 is 15.9. The molecular weight excluding hydrogens is 340 g/mol. The number of carbonyl (C=O) groups excluding carboxylic acids is 1. The Morgan fingerprint density at radius 3 is 2.24 bits per heavy atom. The molecule has 2 aromatic rings. The van der Waals surface area contributed by atoms with Gasteiger partial charge in [0.15, 0.2) is 11.5 Å². The van der Waals surface area contributed by atoms with E-state index in [-0.39, 0.29) is 12.3 Å². The average Bonchev–Trinajstić information content (AvgIpc) is 2.86. The summed E-state index contributed by atoms with van der Waals surface area (Å²) in [4.78, 5) is 13.4. The molecule has 0 saturated carbocycles.